The summed E-state index contributed by atoms with van der Waals surface area (Å²) in [7, 11) is -4.02. The second-order valence-corrected chi connectivity index (χ2v) is 9.24. The molecule has 0 saturated heterocycles. The number of sulfonamides is 1. The first-order valence-electron chi connectivity index (χ1n) is 10.1. The van der Waals surface area contributed by atoms with Crippen LogP contribution in [0.4, 0.5) is 0 Å². The van der Waals surface area contributed by atoms with Crippen molar-refractivity contribution >= 4 is 33.5 Å². The van der Waals surface area contributed by atoms with Crippen LogP contribution in [0.1, 0.15) is 33.8 Å². The van der Waals surface area contributed by atoms with Crippen LogP contribution >= 0.6 is 11.6 Å². The maximum absolute atomic E-state index is 12.3. The van der Waals surface area contributed by atoms with Gasteiger partial charge in [-0.1, -0.05) is 72.3 Å². The van der Waals surface area contributed by atoms with Crippen molar-refractivity contribution in [1.82, 2.24) is 5.32 Å². The van der Waals surface area contributed by atoms with Crippen LogP contribution in [0.15, 0.2) is 83.8 Å². The minimum atomic E-state index is -4.02. The molecular weight excluding hydrogens is 464 g/mol. The second kappa shape index (κ2) is 11.1. The van der Waals surface area contributed by atoms with Gasteiger partial charge in [-0.05, 0) is 35.7 Å². The van der Waals surface area contributed by atoms with Crippen molar-refractivity contribution in [1.29, 1.82) is 0 Å². The molecule has 7 nitrogen and oxygen atoms in total. The molecule has 1 amide bonds. The maximum atomic E-state index is 12.3. The van der Waals surface area contributed by atoms with Gasteiger partial charge < -0.3 is 10.1 Å². The molecule has 0 spiro atoms. The minimum absolute atomic E-state index is 0.0126. The summed E-state index contributed by atoms with van der Waals surface area (Å²) in [5.74, 6) is -1.32. The summed E-state index contributed by atoms with van der Waals surface area (Å²) in [6.45, 7) is -0.164. The van der Waals surface area contributed by atoms with E-state index in [0.717, 1.165) is 17.2 Å². The number of hydrogen-bond donors (Lipinski definition) is 2. The van der Waals surface area contributed by atoms with Gasteiger partial charge in [0.15, 0.2) is 6.61 Å². The fourth-order valence-electron chi connectivity index (χ4n) is 3.35. The Morgan fingerprint density at radius 3 is 2.06 bits per heavy atom. The molecule has 3 rings (SSSR count). The van der Waals surface area contributed by atoms with Crippen LogP contribution in [0.3, 0.4) is 0 Å². The van der Waals surface area contributed by atoms with E-state index in [-0.39, 0.29) is 21.4 Å². The van der Waals surface area contributed by atoms with Gasteiger partial charge in [-0.3, -0.25) is 4.79 Å². The van der Waals surface area contributed by atoms with Gasteiger partial charge in [0.2, 0.25) is 10.0 Å². The summed E-state index contributed by atoms with van der Waals surface area (Å²) in [5, 5.41) is 7.81. The summed E-state index contributed by atoms with van der Waals surface area (Å²) in [4.78, 5) is 24.2. The number of rotatable bonds is 9. The quantitative estimate of drug-likeness (QED) is 0.449. The van der Waals surface area contributed by atoms with Crippen LogP contribution in [0.5, 0.6) is 0 Å². The predicted molar refractivity (Wildman–Crippen MR) is 125 cm³/mol. The van der Waals surface area contributed by atoms with Crippen molar-refractivity contribution in [2.45, 2.75) is 17.2 Å². The Balaban J connectivity index is 1.56. The van der Waals surface area contributed by atoms with Crippen molar-refractivity contribution in [3.05, 3.63) is 101 Å². The van der Waals surface area contributed by atoms with E-state index in [1.54, 1.807) is 0 Å². The Labute approximate surface area is 197 Å². The zero-order valence-electron chi connectivity index (χ0n) is 17.6. The fraction of sp³-hybridized carbons (Fsp3) is 0.167. The Hall–Kier alpha value is -3.20. The molecule has 0 saturated carbocycles. The van der Waals surface area contributed by atoms with E-state index < -0.39 is 28.5 Å². The van der Waals surface area contributed by atoms with Gasteiger partial charge in [-0.25, -0.2) is 18.4 Å². The summed E-state index contributed by atoms with van der Waals surface area (Å²) < 4.78 is 28.0. The number of nitrogens with two attached hydrogens (primary N) is 1. The second-order valence-electron chi connectivity index (χ2n) is 7.28. The molecule has 0 aliphatic heterocycles. The molecule has 0 unspecified atom stereocenters. The molecule has 0 bridgehead atoms. The molecule has 33 heavy (non-hydrogen) atoms. The van der Waals surface area contributed by atoms with Crippen LogP contribution in [0.2, 0.25) is 5.02 Å². The highest BCUT2D eigenvalue weighted by Gasteiger charge is 2.18. The van der Waals surface area contributed by atoms with E-state index in [9.17, 15) is 18.0 Å². The lowest BCUT2D eigenvalue weighted by molar-refractivity contribution is -0.124. The van der Waals surface area contributed by atoms with Gasteiger partial charge in [0.25, 0.3) is 5.91 Å². The zero-order chi connectivity index (χ0) is 23.8. The fourth-order valence-corrected chi connectivity index (χ4v) is 4.08. The SMILES string of the molecule is NS(=O)(=O)c1ccc(Cl)c(C(=O)OCC(=O)NCCC(c2ccccc2)c2ccccc2)c1. The topological polar surface area (TPSA) is 116 Å². The average Bonchev–Trinajstić information content (AvgIpc) is 2.81. The highest BCUT2D eigenvalue weighted by atomic mass is 35.5. The molecule has 0 aromatic heterocycles. The lowest BCUT2D eigenvalue weighted by atomic mass is 9.88. The molecule has 0 radical (unpaired) electrons. The van der Waals surface area contributed by atoms with Crippen LogP contribution < -0.4 is 10.5 Å². The monoisotopic (exact) mass is 486 g/mol. The molecule has 3 aromatic rings. The number of primary sulfonamides is 1. The van der Waals surface area contributed by atoms with Gasteiger partial charge in [0.1, 0.15) is 0 Å². The van der Waals surface area contributed by atoms with E-state index in [2.05, 4.69) is 5.32 Å². The number of nitrogens with one attached hydrogen (secondary N) is 1. The number of carbonyl (C=O) groups excluding carboxylic acids is 2. The summed E-state index contributed by atoms with van der Waals surface area (Å²) in [5.41, 5.74) is 2.08. The van der Waals surface area contributed by atoms with E-state index in [4.69, 9.17) is 21.5 Å². The third kappa shape index (κ3) is 6.89. The Kier molecular flexibility index (Phi) is 8.21. The largest absolute Gasteiger partial charge is 0.452 e. The number of amides is 1. The number of carbonyl (C=O) groups is 2. The predicted octanol–water partition coefficient (Wildman–Crippen LogP) is 3.48. The molecule has 3 N–H and O–H groups in total. The molecule has 0 atom stereocenters. The number of benzene rings is 3. The van der Waals surface area contributed by atoms with E-state index in [1.807, 2.05) is 60.7 Å². The number of esters is 1. The zero-order valence-corrected chi connectivity index (χ0v) is 19.2. The Morgan fingerprint density at radius 1 is 0.939 bits per heavy atom. The number of hydrogen-bond acceptors (Lipinski definition) is 5. The average molecular weight is 487 g/mol. The minimum Gasteiger partial charge on any atom is -0.452 e. The summed E-state index contributed by atoms with van der Waals surface area (Å²) in [6, 6.07) is 23.4. The van der Waals surface area contributed by atoms with Gasteiger partial charge in [-0.15, -0.1) is 0 Å². The standard InChI is InChI=1S/C24H23ClN2O5S/c25-22-12-11-19(33(26,30)31)15-21(22)24(29)32-16-23(28)27-14-13-20(17-7-3-1-4-8-17)18-9-5-2-6-10-18/h1-12,15,20H,13-14,16H2,(H,27,28)(H2,26,30,31). The third-order valence-electron chi connectivity index (χ3n) is 4.98. The molecule has 172 valence electrons. The van der Waals surface area contributed by atoms with E-state index >= 15 is 0 Å². The summed E-state index contributed by atoms with van der Waals surface area (Å²) >= 11 is 5.95. The maximum Gasteiger partial charge on any atom is 0.340 e. The van der Waals surface area contributed by atoms with E-state index in [0.29, 0.717) is 13.0 Å². The van der Waals surface area contributed by atoms with Crippen molar-refractivity contribution in [2.75, 3.05) is 13.2 Å². The molecule has 0 aliphatic carbocycles. The smallest absolute Gasteiger partial charge is 0.340 e. The first-order chi connectivity index (χ1) is 15.8. The molecular formula is C24H23ClN2O5S. The highest BCUT2D eigenvalue weighted by molar-refractivity contribution is 7.89. The van der Waals surface area contributed by atoms with Crippen LogP contribution in [-0.2, 0) is 19.6 Å². The molecule has 0 aliphatic rings. The third-order valence-corrected chi connectivity index (χ3v) is 6.22. The van der Waals surface area contributed by atoms with Gasteiger partial charge in [0, 0.05) is 12.5 Å². The lowest BCUT2D eigenvalue weighted by Crippen LogP contribution is -2.30. The van der Waals surface area contributed by atoms with E-state index in [1.165, 1.54) is 12.1 Å². The van der Waals surface area contributed by atoms with Gasteiger partial charge in [0.05, 0.1) is 15.5 Å². The Morgan fingerprint density at radius 2 is 1.52 bits per heavy atom. The van der Waals surface area contributed by atoms with Crippen molar-refractivity contribution in [2.24, 2.45) is 5.14 Å². The van der Waals surface area contributed by atoms with Crippen molar-refractivity contribution in [3.8, 4) is 0 Å². The van der Waals surface area contributed by atoms with Crippen molar-refractivity contribution in [3.63, 3.8) is 0 Å². The van der Waals surface area contributed by atoms with Crippen molar-refractivity contribution < 1.29 is 22.7 Å². The number of ether oxygens (including phenoxy) is 1. The summed E-state index contributed by atoms with van der Waals surface area (Å²) in [6.07, 6.45) is 0.649. The number of halogens is 1. The van der Waals surface area contributed by atoms with Gasteiger partial charge >= 0.3 is 5.97 Å². The van der Waals surface area contributed by atoms with Crippen LogP contribution in [0.25, 0.3) is 0 Å². The first-order valence-corrected chi connectivity index (χ1v) is 12.0. The molecule has 0 heterocycles. The van der Waals surface area contributed by atoms with Crippen LogP contribution in [0, 0.1) is 0 Å². The highest BCUT2D eigenvalue weighted by Crippen LogP contribution is 2.27. The van der Waals surface area contributed by atoms with Crippen LogP contribution in [-0.4, -0.2) is 33.4 Å². The van der Waals surface area contributed by atoms with Gasteiger partial charge in [-0.2, -0.15) is 0 Å². The molecule has 3 aromatic carbocycles. The molecule has 9 heteroatoms. The Bertz CT molecular complexity index is 1180. The lowest BCUT2D eigenvalue weighted by Gasteiger charge is -2.18. The first kappa shape index (κ1) is 24.4. The normalized spacial score (nSPS) is 11.2. The molecule has 0 fully saturated rings.